The van der Waals surface area contributed by atoms with Crippen LogP contribution in [0.5, 0.6) is 0 Å². The van der Waals surface area contributed by atoms with Gasteiger partial charge in [-0.1, -0.05) is 42.8 Å². The van der Waals surface area contributed by atoms with Crippen LogP contribution in [0.25, 0.3) is 10.8 Å². The molecule has 0 aliphatic carbocycles. The molecule has 0 fully saturated rings. The number of nitrogens with zero attached hydrogens (tertiary/aromatic N) is 2. The summed E-state index contributed by atoms with van der Waals surface area (Å²) < 4.78 is 27.5. The van der Waals surface area contributed by atoms with Gasteiger partial charge in [0, 0.05) is 29.6 Å². The van der Waals surface area contributed by atoms with E-state index in [1.165, 1.54) is 10.7 Å². The van der Waals surface area contributed by atoms with Crippen LogP contribution in [0.2, 0.25) is 0 Å². The molecule has 2 aromatic carbocycles. The average molecular weight is 463 g/mol. The van der Waals surface area contributed by atoms with Gasteiger partial charge in [-0.3, -0.25) is 4.79 Å². The summed E-state index contributed by atoms with van der Waals surface area (Å²) in [5, 5.41) is 4.83. The van der Waals surface area contributed by atoms with Crippen molar-refractivity contribution in [2.45, 2.75) is 39.0 Å². The summed E-state index contributed by atoms with van der Waals surface area (Å²) in [6.07, 6.45) is 1.00. The summed E-state index contributed by atoms with van der Waals surface area (Å²) in [5.74, 6) is -0.524. The number of aromatic nitrogens is 2. The molecule has 29 heavy (non-hydrogen) atoms. The highest BCUT2D eigenvalue weighted by Gasteiger charge is 2.19. The molecule has 154 valence electrons. The van der Waals surface area contributed by atoms with Crippen molar-refractivity contribution in [2.75, 3.05) is 14.2 Å². The number of halogens is 2. The Morgan fingerprint density at radius 3 is 2.48 bits per heavy atom. The molecule has 0 bridgehead atoms. The van der Waals surface area contributed by atoms with Gasteiger partial charge in [0.05, 0.1) is 18.1 Å². The van der Waals surface area contributed by atoms with Crippen LogP contribution >= 0.6 is 15.9 Å². The molecule has 0 N–H and O–H groups in total. The van der Waals surface area contributed by atoms with Gasteiger partial charge in [0.25, 0.3) is 5.56 Å². The highest BCUT2D eigenvalue weighted by atomic mass is 79.9. The molecule has 5 nitrogen and oxygen atoms in total. The third kappa shape index (κ3) is 4.42. The average Bonchev–Trinajstić information content (AvgIpc) is 2.66. The molecule has 7 heteroatoms. The molecule has 0 saturated heterocycles. The molecule has 0 unspecified atom stereocenters. The Balaban J connectivity index is 2.04. The van der Waals surface area contributed by atoms with E-state index in [0.717, 1.165) is 21.2 Å². The predicted molar refractivity (Wildman–Crippen MR) is 115 cm³/mol. The Morgan fingerprint density at radius 2 is 1.86 bits per heavy atom. The molecular formula is C22H24BrFN2O3. The highest BCUT2D eigenvalue weighted by molar-refractivity contribution is 9.10. The topological polar surface area (TPSA) is 53.4 Å². The fraction of sp³-hybridized carbons (Fsp3) is 0.364. The number of hydrogen-bond donors (Lipinski definition) is 0. The molecule has 0 spiro atoms. The van der Waals surface area contributed by atoms with Crippen LogP contribution in [-0.4, -0.2) is 24.0 Å². The van der Waals surface area contributed by atoms with E-state index in [9.17, 15) is 9.18 Å². The lowest BCUT2D eigenvalue weighted by Gasteiger charge is -2.20. The molecule has 0 radical (unpaired) electrons. The van der Waals surface area contributed by atoms with Gasteiger partial charge < -0.3 is 9.47 Å². The minimum atomic E-state index is -0.543. The van der Waals surface area contributed by atoms with Gasteiger partial charge in [0.1, 0.15) is 5.82 Å². The fourth-order valence-corrected chi connectivity index (χ4v) is 3.64. The smallest absolute Gasteiger partial charge is 0.277 e. The third-order valence-corrected chi connectivity index (χ3v) is 5.57. The molecule has 3 aromatic rings. The second-order valence-corrected chi connectivity index (χ2v) is 8.79. The first-order valence-corrected chi connectivity index (χ1v) is 9.98. The van der Waals surface area contributed by atoms with Crippen molar-refractivity contribution >= 4 is 26.7 Å². The molecule has 1 aromatic heterocycles. The zero-order valence-electron chi connectivity index (χ0n) is 17.1. The van der Waals surface area contributed by atoms with Crippen molar-refractivity contribution < 1.29 is 13.9 Å². The standard InChI is InChI=1S/C22H24BrFN2O3/c1-22(2,3)15-9-14-11-25-26(20(27)19(14)18(24)10-15)12-13-6-7-17(23)16(8-13)21(28-4)29-5/h6-11,21H,12H2,1-5H3. The lowest BCUT2D eigenvalue weighted by Crippen LogP contribution is -2.24. The summed E-state index contributed by atoms with van der Waals surface area (Å²) in [5.41, 5.74) is 1.76. The van der Waals surface area contributed by atoms with E-state index >= 15 is 0 Å². The second-order valence-electron chi connectivity index (χ2n) is 7.94. The molecule has 0 aliphatic rings. The lowest BCUT2D eigenvalue weighted by atomic mass is 9.86. The Hall–Kier alpha value is -2.09. The van der Waals surface area contributed by atoms with Crippen LogP contribution in [-0.2, 0) is 21.4 Å². The number of fused-ring (bicyclic) bond motifs is 1. The first-order chi connectivity index (χ1) is 13.7. The summed E-state index contributed by atoms with van der Waals surface area (Å²) in [4.78, 5) is 12.9. The number of benzene rings is 2. The SMILES string of the molecule is COC(OC)c1cc(Cn2ncc3cc(C(C)(C)C)cc(F)c3c2=O)ccc1Br. The van der Waals surface area contributed by atoms with Crippen LogP contribution in [0, 0.1) is 5.82 Å². The van der Waals surface area contributed by atoms with Gasteiger partial charge in [0.15, 0.2) is 6.29 Å². The van der Waals surface area contributed by atoms with Crippen molar-refractivity contribution in [3.05, 3.63) is 73.9 Å². The Labute approximate surface area is 177 Å². The summed E-state index contributed by atoms with van der Waals surface area (Å²) in [6.45, 7) is 6.21. The van der Waals surface area contributed by atoms with Crippen molar-refractivity contribution in [1.82, 2.24) is 9.78 Å². The molecule has 0 atom stereocenters. The maximum absolute atomic E-state index is 14.8. The normalized spacial score (nSPS) is 12.1. The van der Waals surface area contributed by atoms with E-state index in [0.29, 0.717) is 5.39 Å². The molecule has 0 aliphatic heterocycles. The predicted octanol–water partition coefficient (Wildman–Crippen LogP) is 4.94. The van der Waals surface area contributed by atoms with Gasteiger partial charge in [-0.2, -0.15) is 5.10 Å². The van der Waals surface area contributed by atoms with Crippen LogP contribution in [0.1, 0.15) is 43.8 Å². The lowest BCUT2D eigenvalue weighted by molar-refractivity contribution is -0.106. The third-order valence-electron chi connectivity index (χ3n) is 4.85. The van der Waals surface area contributed by atoms with Gasteiger partial charge >= 0.3 is 0 Å². The van der Waals surface area contributed by atoms with Crippen molar-refractivity contribution in [3.8, 4) is 0 Å². The van der Waals surface area contributed by atoms with Crippen LogP contribution in [0.15, 0.2) is 45.8 Å². The highest BCUT2D eigenvalue weighted by Crippen LogP contribution is 2.28. The largest absolute Gasteiger partial charge is 0.352 e. The minimum absolute atomic E-state index is 0.0528. The zero-order valence-corrected chi connectivity index (χ0v) is 18.7. The molecule has 0 saturated carbocycles. The van der Waals surface area contributed by atoms with Crippen molar-refractivity contribution in [1.29, 1.82) is 0 Å². The first-order valence-electron chi connectivity index (χ1n) is 9.19. The van der Waals surface area contributed by atoms with Crippen molar-refractivity contribution in [3.63, 3.8) is 0 Å². The first kappa shape index (κ1) is 21.6. The van der Waals surface area contributed by atoms with Crippen LogP contribution in [0.3, 0.4) is 0 Å². The summed E-state index contributed by atoms with van der Waals surface area (Å²) in [6, 6.07) is 8.87. The second kappa shape index (κ2) is 8.34. The zero-order chi connectivity index (χ0) is 21.3. The molecule has 3 rings (SSSR count). The van der Waals surface area contributed by atoms with E-state index in [1.807, 2.05) is 45.0 Å². The molecule has 1 heterocycles. The van der Waals surface area contributed by atoms with E-state index < -0.39 is 17.7 Å². The Morgan fingerprint density at radius 1 is 1.17 bits per heavy atom. The van der Waals surface area contributed by atoms with E-state index in [1.54, 1.807) is 20.4 Å². The monoisotopic (exact) mass is 462 g/mol. The minimum Gasteiger partial charge on any atom is -0.352 e. The quantitative estimate of drug-likeness (QED) is 0.504. The number of ether oxygens (including phenoxy) is 2. The van der Waals surface area contributed by atoms with E-state index in [2.05, 4.69) is 21.0 Å². The molecule has 0 amide bonds. The fourth-order valence-electron chi connectivity index (χ4n) is 3.21. The van der Waals surface area contributed by atoms with Gasteiger partial charge in [-0.25, -0.2) is 9.07 Å². The van der Waals surface area contributed by atoms with Gasteiger partial charge in [-0.05, 0) is 40.8 Å². The van der Waals surface area contributed by atoms with Crippen LogP contribution < -0.4 is 5.56 Å². The van der Waals surface area contributed by atoms with Crippen LogP contribution in [0.4, 0.5) is 4.39 Å². The summed E-state index contributed by atoms with van der Waals surface area (Å²) >= 11 is 3.48. The summed E-state index contributed by atoms with van der Waals surface area (Å²) in [7, 11) is 3.11. The van der Waals surface area contributed by atoms with E-state index in [-0.39, 0.29) is 17.3 Å². The van der Waals surface area contributed by atoms with Crippen molar-refractivity contribution in [2.24, 2.45) is 0 Å². The van der Waals surface area contributed by atoms with E-state index in [4.69, 9.17) is 9.47 Å². The maximum Gasteiger partial charge on any atom is 0.277 e. The molecular weight excluding hydrogens is 439 g/mol. The van der Waals surface area contributed by atoms with Gasteiger partial charge in [0.2, 0.25) is 0 Å². The maximum atomic E-state index is 14.8. The number of hydrogen-bond acceptors (Lipinski definition) is 4. The Bertz CT molecular complexity index is 1100. The Kier molecular flexibility index (Phi) is 6.22. The number of rotatable bonds is 5. The number of methoxy groups -OCH3 is 2. The van der Waals surface area contributed by atoms with Gasteiger partial charge in [-0.15, -0.1) is 0 Å².